The van der Waals surface area contributed by atoms with Crippen molar-refractivity contribution in [3.8, 4) is 0 Å². The number of methoxy groups -OCH3 is 1. The lowest BCUT2D eigenvalue weighted by molar-refractivity contribution is -0.123. The molecular formula is C22H29FN4O3S. The second-order valence-corrected chi connectivity index (χ2v) is 9.62. The highest BCUT2D eigenvalue weighted by atomic mass is 32.2. The number of carbonyl (C=O) groups is 2. The van der Waals surface area contributed by atoms with Crippen LogP contribution in [0.3, 0.4) is 0 Å². The van der Waals surface area contributed by atoms with Crippen molar-refractivity contribution < 1.29 is 18.7 Å². The van der Waals surface area contributed by atoms with Crippen LogP contribution in [-0.4, -0.2) is 54.2 Å². The summed E-state index contributed by atoms with van der Waals surface area (Å²) in [6.45, 7) is 6.80. The maximum absolute atomic E-state index is 14.0. The Kier molecular flexibility index (Phi) is 7.06. The summed E-state index contributed by atoms with van der Waals surface area (Å²) in [6.07, 6.45) is 0. The molecule has 1 aromatic carbocycles. The zero-order valence-corrected chi connectivity index (χ0v) is 19.4. The Labute approximate surface area is 186 Å². The van der Waals surface area contributed by atoms with Crippen molar-refractivity contribution in [3.05, 3.63) is 46.9 Å². The number of rotatable bonds is 6. The van der Waals surface area contributed by atoms with Gasteiger partial charge in [0.1, 0.15) is 18.2 Å². The van der Waals surface area contributed by atoms with Crippen LogP contribution in [0.2, 0.25) is 0 Å². The number of hydrogen-bond donors (Lipinski definition) is 1. The first-order valence-corrected chi connectivity index (χ1v) is 11.2. The second-order valence-electron chi connectivity index (χ2n) is 8.53. The van der Waals surface area contributed by atoms with Gasteiger partial charge in [-0.25, -0.2) is 4.39 Å². The second kappa shape index (κ2) is 9.40. The Morgan fingerprint density at radius 3 is 2.77 bits per heavy atom. The number of aromatic nitrogens is 2. The van der Waals surface area contributed by atoms with Crippen molar-refractivity contribution in [3.63, 3.8) is 0 Å². The fraction of sp³-hybridized carbons (Fsp3) is 0.500. The van der Waals surface area contributed by atoms with Crippen LogP contribution >= 0.6 is 11.8 Å². The minimum Gasteiger partial charge on any atom is -0.383 e. The number of carbonyl (C=O) groups excluding carboxylic acids is 2. The van der Waals surface area contributed by atoms with Gasteiger partial charge in [-0.3, -0.25) is 19.2 Å². The van der Waals surface area contributed by atoms with Gasteiger partial charge < -0.3 is 10.1 Å². The number of thioether (sulfide) groups is 1. The van der Waals surface area contributed by atoms with Crippen LogP contribution in [-0.2, 0) is 26.8 Å². The number of amides is 2. The van der Waals surface area contributed by atoms with Gasteiger partial charge in [0.2, 0.25) is 11.8 Å². The monoisotopic (exact) mass is 448 g/mol. The van der Waals surface area contributed by atoms with Crippen LogP contribution in [0, 0.1) is 5.82 Å². The molecule has 1 aliphatic heterocycles. The highest BCUT2D eigenvalue weighted by molar-refractivity contribution is 8.00. The average Bonchev–Trinajstić information content (AvgIpc) is 2.96. The van der Waals surface area contributed by atoms with Crippen LogP contribution in [0.5, 0.6) is 0 Å². The van der Waals surface area contributed by atoms with Crippen molar-refractivity contribution in [2.24, 2.45) is 7.05 Å². The molecule has 3 rings (SSSR count). The quantitative estimate of drug-likeness (QED) is 0.688. The number of nitrogens with zero attached hydrogens (tertiary/aromatic N) is 3. The van der Waals surface area contributed by atoms with E-state index in [4.69, 9.17) is 9.84 Å². The molecule has 2 amide bonds. The minimum absolute atomic E-state index is 0.116. The molecule has 0 radical (unpaired) electrons. The molecule has 0 spiro atoms. The average molecular weight is 449 g/mol. The van der Waals surface area contributed by atoms with E-state index in [1.807, 2.05) is 6.07 Å². The summed E-state index contributed by atoms with van der Waals surface area (Å²) in [5.74, 6) is -0.0356. The predicted molar refractivity (Wildman–Crippen MR) is 120 cm³/mol. The largest absolute Gasteiger partial charge is 0.383 e. The number of nitrogens with one attached hydrogen (secondary N) is 1. The number of fused-ring (bicyclic) bond motifs is 1. The van der Waals surface area contributed by atoms with Gasteiger partial charge in [-0.15, -0.1) is 11.8 Å². The van der Waals surface area contributed by atoms with E-state index in [0.717, 1.165) is 16.8 Å². The number of halogens is 1. The maximum Gasteiger partial charge on any atom is 0.240 e. The Hall–Kier alpha value is -2.39. The highest BCUT2D eigenvalue weighted by Crippen LogP contribution is 2.47. The first-order valence-electron chi connectivity index (χ1n) is 10.1. The van der Waals surface area contributed by atoms with Crippen LogP contribution in [0.15, 0.2) is 24.3 Å². The molecule has 0 bridgehead atoms. The Balaban J connectivity index is 2.10. The van der Waals surface area contributed by atoms with Gasteiger partial charge >= 0.3 is 0 Å². The van der Waals surface area contributed by atoms with Crippen LogP contribution in [0.4, 0.5) is 10.2 Å². The predicted octanol–water partition coefficient (Wildman–Crippen LogP) is 2.79. The van der Waals surface area contributed by atoms with Gasteiger partial charge in [0.25, 0.3) is 0 Å². The normalized spacial score (nSPS) is 16.8. The van der Waals surface area contributed by atoms with Gasteiger partial charge in [0.05, 0.1) is 23.3 Å². The molecule has 1 N–H and O–H groups in total. The summed E-state index contributed by atoms with van der Waals surface area (Å²) in [5, 5.41) is 7.22. The summed E-state index contributed by atoms with van der Waals surface area (Å²) in [5.41, 5.74) is 2.13. The van der Waals surface area contributed by atoms with Crippen LogP contribution in [0.25, 0.3) is 0 Å². The maximum atomic E-state index is 14.0. The molecule has 7 nitrogen and oxygen atoms in total. The molecule has 1 aromatic heterocycles. The Bertz CT molecular complexity index is 970. The zero-order valence-electron chi connectivity index (χ0n) is 18.6. The summed E-state index contributed by atoms with van der Waals surface area (Å²) < 4.78 is 20.7. The first-order chi connectivity index (χ1) is 14.6. The van der Waals surface area contributed by atoms with Crippen molar-refractivity contribution in [2.45, 2.75) is 31.4 Å². The third kappa shape index (κ3) is 5.10. The van der Waals surface area contributed by atoms with E-state index in [1.165, 1.54) is 28.8 Å². The van der Waals surface area contributed by atoms with E-state index in [9.17, 15) is 14.0 Å². The molecule has 9 heteroatoms. The van der Waals surface area contributed by atoms with Gasteiger partial charge in [-0.2, -0.15) is 5.10 Å². The molecule has 0 fully saturated rings. The lowest BCUT2D eigenvalue weighted by Gasteiger charge is -2.24. The summed E-state index contributed by atoms with van der Waals surface area (Å²) in [6, 6.07) is 6.44. The van der Waals surface area contributed by atoms with Crippen molar-refractivity contribution in [1.82, 2.24) is 15.1 Å². The van der Waals surface area contributed by atoms with E-state index < -0.39 is 0 Å². The third-order valence-electron chi connectivity index (χ3n) is 5.04. The fourth-order valence-electron chi connectivity index (χ4n) is 3.67. The summed E-state index contributed by atoms with van der Waals surface area (Å²) >= 11 is 1.43. The molecular weight excluding hydrogens is 419 g/mol. The number of ether oxygens (including phenoxy) is 1. The smallest absolute Gasteiger partial charge is 0.240 e. The molecule has 31 heavy (non-hydrogen) atoms. The first kappa shape index (κ1) is 23.3. The number of benzene rings is 1. The summed E-state index contributed by atoms with van der Waals surface area (Å²) in [4.78, 5) is 27.1. The van der Waals surface area contributed by atoms with Gasteiger partial charge in [-0.05, 0) is 17.7 Å². The number of aryl methyl sites for hydroxylation is 1. The van der Waals surface area contributed by atoms with Crippen molar-refractivity contribution >= 4 is 29.4 Å². The lowest BCUT2D eigenvalue weighted by atomic mass is 9.87. The molecule has 1 aliphatic rings. The van der Waals surface area contributed by atoms with Gasteiger partial charge in [-0.1, -0.05) is 32.9 Å². The SMILES string of the molecule is COCCNC(=O)CN1C(=O)CSC(c2cccc(F)c2)c2c(C(C)(C)C)nn(C)c21. The number of hydrogen-bond acceptors (Lipinski definition) is 5. The van der Waals surface area contributed by atoms with E-state index in [0.29, 0.717) is 19.0 Å². The third-order valence-corrected chi connectivity index (χ3v) is 6.29. The van der Waals surface area contributed by atoms with Crippen molar-refractivity contribution in [2.75, 3.05) is 37.5 Å². The van der Waals surface area contributed by atoms with Gasteiger partial charge in [0.15, 0.2) is 0 Å². The highest BCUT2D eigenvalue weighted by Gasteiger charge is 2.38. The Morgan fingerprint density at radius 1 is 1.39 bits per heavy atom. The standard InChI is InChI=1S/C22H29FN4O3S/c1-22(2,3)20-18-19(14-7-6-8-15(23)11-14)31-13-17(29)27(21(18)26(4)25-20)12-16(28)24-9-10-30-5/h6-8,11,19H,9-10,12-13H2,1-5H3,(H,24,28). The van der Waals surface area contributed by atoms with E-state index in [-0.39, 0.29) is 40.6 Å². The molecule has 1 unspecified atom stereocenters. The van der Waals surface area contributed by atoms with Crippen LogP contribution < -0.4 is 10.2 Å². The molecule has 0 saturated heterocycles. The molecule has 2 heterocycles. The summed E-state index contributed by atoms with van der Waals surface area (Å²) in [7, 11) is 3.33. The zero-order chi connectivity index (χ0) is 22.8. The van der Waals surface area contributed by atoms with E-state index in [2.05, 4.69) is 26.1 Å². The molecule has 2 aromatic rings. The van der Waals surface area contributed by atoms with E-state index >= 15 is 0 Å². The minimum atomic E-state index is -0.328. The molecule has 0 aliphatic carbocycles. The van der Waals surface area contributed by atoms with E-state index in [1.54, 1.807) is 24.9 Å². The molecule has 168 valence electrons. The fourth-order valence-corrected chi connectivity index (χ4v) is 4.86. The van der Waals surface area contributed by atoms with Crippen molar-refractivity contribution in [1.29, 1.82) is 0 Å². The lowest BCUT2D eigenvalue weighted by Crippen LogP contribution is -2.43. The van der Waals surface area contributed by atoms with Gasteiger partial charge in [0, 0.05) is 31.7 Å². The molecule has 1 atom stereocenters. The Morgan fingerprint density at radius 2 is 2.13 bits per heavy atom. The topological polar surface area (TPSA) is 76.5 Å². The molecule has 0 saturated carbocycles. The van der Waals surface area contributed by atoms with Crippen LogP contribution in [0.1, 0.15) is 42.8 Å². The number of anilines is 1.